The van der Waals surface area contributed by atoms with E-state index in [0.717, 1.165) is 5.56 Å². The van der Waals surface area contributed by atoms with E-state index in [9.17, 15) is 8.42 Å². The van der Waals surface area contributed by atoms with Crippen LogP contribution in [0.5, 0.6) is 11.5 Å². The smallest absolute Gasteiger partial charge is 0.276 e. The van der Waals surface area contributed by atoms with Crippen LogP contribution in [-0.2, 0) is 16.6 Å². The number of nitrogens with one attached hydrogen (secondary N) is 1. The molecule has 1 N–H and O–H groups in total. The molecule has 0 aliphatic carbocycles. The fraction of sp³-hybridized carbons (Fsp3) is 0.0952. The van der Waals surface area contributed by atoms with Crippen LogP contribution in [0.3, 0.4) is 0 Å². The Morgan fingerprint density at radius 3 is 2.29 bits per heavy atom. The summed E-state index contributed by atoms with van der Waals surface area (Å²) in [5, 5.41) is 3.85. The Bertz CT molecular complexity index is 1040. The molecule has 3 rings (SSSR count). The minimum Gasteiger partial charge on any atom is -0.493 e. The van der Waals surface area contributed by atoms with Crippen molar-refractivity contribution < 1.29 is 17.9 Å². The van der Waals surface area contributed by atoms with Gasteiger partial charge >= 0.3 is 0 Å². The molecule has 6 nitrogen and oxygen atoms in total. The van der Waals surface area contributed by atoms with Crippen LogP contribution >= 0.6 is 0 Å². The highest BCUT2D eigenvalue weighted by Gasteiger charge is 2.11. The van der Waals surface area contributed by atoms with Gasteiger partial charge in [0.1, 0.15) is 6.61 Å². The molecular weight excluding hydrogens is 376 g/mol. The van der Waals surface area contributed by atoms with Crippen molar-refractivity contribution in [1.82, 2.24) is 4.83 Å². The maximum Gasteiger partial charge on any atom is 0.276 e. The highest BCUT2D eigenvalue weighted by atomic mass is 32.2. The fourth-order valence-corrected chi connectivity index (χ4v) is 3.26. The van der Waals surface area contributed by atoms with Gasteiger partial charge in [-0.2, -0.15) is 13.5 Å². The molecule has 3 aromatic carbocycles. The Hall–Kier alpha value is -3.32. The molecule has 0 bridgehead atoms. The lowest BCUT2D eigenvalue weighted by Gasteiger charge is -2.11. The summed E-state index contributed by atoms with van der Waals surface area (Å²) in [6.45, 7) is 0.387. The first-order valence-electron chi connectivity index (χ1n) is 8.53. The molecule has 0 fully saturated rings. The molecule has 0 atom stereocenters. The van der Waals surface area contributed by atoms with Crippen molar-refractivity contribution in [2.45, 2.75) is 11.5 Å². The van der Waals surface area contributed by atoms with E-state index in [1.165, 1.54) is 18.3 Å². The molecule has 0 unspecified atom stereocenters. The van der Waals surface area contributed by atoms with Gasteiger partial charge in [0, 0.05) is 0 Å². The number of hydrazone groups is 1. The van der Waals surface area contributed by atoms with E-state index in [1.807, 2.05) is 30.3 Å². The first-order valence-corrected chi connectivity index (χ1v) is 10.0. The fourth-order valence-electron chi connectivity index (χ4n) is 2.44. The van der Waals surface area contributed by atoms with Gasteiger partial charge in [0.05, 0.1) is 18.2 Å². The van der Waals surface area contributed by atoms with E-state index >= 15 is 0 Å². The van der Waals surface area contributed by atoms with Crippen LogP contribution in [0.15, 0.2) is 88.9 Å². The van der Waals surface area contributed by atoms with Gasteiger partial charge in [-0.3, -0.25) is 0 Å². The molecule has 0 aliphatic heterocycles. The van der Waals surface area contributed by atoms with Gasteiger partial charge < -0.3 is 9.47 Å². The third-order valence-electron chi connectivity index (χ3n) is 3.86. The average molecular weight is 396 g/mol. The summed E-state index contributed by atoms with van der Waals surface area (Å²) >= 11 is 0. The standard InChI is InChI=1S/C21H20N2O4S/c1-26-20-13-12-18(14-21(20)27-16-17-8-4-2-5-9-17)15-22-23-28(24,25)19-10-6-3-7-11-19/h2-15,23H,16H2,1H3/b22-15-. The molecule has 0 amide bonds. The Balaban J connectivity index is 1.71. The molecule has 7 heteroatoms. The number of ether oxygens (including phenoxy) is 2. The molecule has 0 saturated heterocycles. The summed E-state index contributed by atoms with van der Waals surface area (Å²) in [6.07, 6.45) is 1.41. The Kier molecular flexibility index (Phi) is 6.29. The van der Waals surface area contributed by atoms with Crippen molar-refractivity contribution in [1.29, 1.82) is 0 Å². The van der Waals surface area contributed by atoms with Crippen molar-refractivity contribution >= 4 is 16.2 Å². The van der Waals surface area contributed by atoms with Crippen LogP contribution in [0.2, 0.25) is 0 Å². The first kappa shape index (κ1) is 19.4. The summed E-state index contributed by atoms with van der Waals surface area (Å²) in [6, 6.07) is 23.1. The minimum atomic E-state index is -3.70. The molecule has 0 aliphatic rings. The van der Waals surface area contributed by atoms with Crippen LogP contribution < -0.4 is 14.3 Å². The predicted molar refractivity (Wildman–Crippen MR) is 108 cm³/mol. The van der Waals surface area contributed by atoms with Gasteiger partial charge in [-0.05, 0) is 41.5 Å². The summed E-state index contributed by atoms with van der Waals surface area (Å²) in [5.41, 5.74) is 1.69. The Labute approximate surface area is 164 Å². The number of hydrogen-bond donors (Lipinski definition) is 1. The lowest BCUT2D eigenvalue weighted by atomic mass is 10.2. The Morgan fingerprint density at radius 2 is 1.61 bits per heavy atom. The van der Waals surface area contributed by atoms with Crippen molar-refractivity contribution in [3.8, 4) is 11.5 Å². The third kappa shape index (κ3) is 5.11. The highest BCUT2D eigenvalue weighted by Crippen LogP contribution is 2.28. The number of nitrogens with zero attached hydrogens (tertiary/aromatic N) is 1. The zero-order valence-electron chi connectivity index (χ0n) is 15.3. The van der Waals surface area contributed by atoms with Crippen molar-refractivity contribution in [2.75, 3.05) is 7.11 Å². The van der Waals surface area contributed by atoms with E-state index < -0.39 is 10.0 Å². The number of benzene rings is 3. The van der Waals surface area contributed by atoms with E-state index in [4.69, 9.17) is 9.47 Å². The van der Waals surface area contributed by atoms with Gasteiger partial charge in [-0.1, -0.05) is 48.5 Å². The molecule has 28 heavy (non-hydrogen) atoms. The number of hydrogen-bond acceptors (Lipinski definition) is 5. The molecule has 0 saturated carbocycles. The van der Waals surface area contributed by atoms with Crippen molar-refractivity contribution in [3.05, 3.63) is 90.0 Å². The van der Waals surface area contributed by atoms with E-state index in [1.54, 1.807) is 43.5 Å². The summed E-state index contributed by atoms with van der Waals surface area (Å²) in [5.74, 6) is 1.12. The van der Waals surface area contributed by atoms with Crippen LogP contribution in [-0.4, -0.2) is 21.7 Å². The molecule has 144 valence electrons. The van der Waals surface area contributed by atoms with Crippen LogP contribution in [0.1, 0.15) is 11.1 Å². The average Bonchev–Trinajstić information content (AvgIpc) is 2.73. The molecule has 0 heterocycles. The second kappa shape index (κ2) is 9.05. The van der Waals surface area contributed by atoms with Crippen LogP contribution in [0.25, 0.3) is 0 Å². The normalized spacial score (nSPS) is 11.3. The van der Waals surface area contributed by atoms with E-state index in [2.05, 4.69) is 9.93 Å². The molecule has 0 spiro atoms. The monoisotopic (exact) mass is 396 g/mol. The van der Waals surface area contributed by atoms with Gasteiger partial charge in [0.25, 0.3) is 10.0 Å². The van der Waals surface area contributed by atoms with Crippen molar-refractivity contribution in [2.24, 2.45) is 5.10 Å². The molecule has 0 radical (unpaired) electrons. The highest BCUT2D eigenvalue weighted by molar-refractivity contribution is 7.89. The second-order valence-corrected chi connectivity index (χ2v) is 7.51. The number of rotatable bonds is 8. The predicted octanol–water partition coefficient (Wildman–Crippen LogP) is 3.59. The summed E-state index contributed by atoms with van der Waals surface area (Å²) < 4.78 is 35.5. The lowest BCUT2D eigenvalue weighted by Crippen LogP contribution is -2.18. The maximum atomic E-state index is 12.2. The zero-order chi connectivity index (χ0) is 19.8. The van der Waals surface area contributed by atoms with Crippen LogP contribution in [0.4, 0.5) is 0 Å². The van der Waals surface area contributed by atoms with E-state index in [0.29, 0.717) is 23.7 Å². The third-order valence-corrected chi connectivity index (χ3v) is 5.10. The molecule has 0 aromatic heterocycles. The first-order chi connectivity index (χ1) is 13.6. The maximum absolute atomic E-state index is 12.2. The molecule has 3 aromatic rings. The largest absolute Gasteiger partial charge is 0.493 e. The second-order valence-electron chi connectivity index (χ2n) is 5.85. The Morgan fingerprint density at radius 1 is 0.929 bits per heavy atom. The summed E-state index contributed by atoms with van der Waals surface area (Å²) in [4.78, 5) is 2.35. The van der Waals surface area contributed by atoms with Crippen molar-refractivity contribution in [3.63, 3.8) is 0 Å². The number of sulfonamides is 1. The lowest BCUT2D eigenvalue weighted by molar-refractivity contribution is 0.284. The van der Waals surface area contributed by atoms with Gasteiger partial charge in [0.15, 0.2) is 11.5 Å². The minimum absolute atomic E-state index is 0.147. The summed E-state index contributed by atoms with van der Waals surface area (Å²) in [7, 11) is -2.14. The number of methoxy groups -OCH3 is 1. The quantitative estimate of drug-likeness (QED) is 0.466. The van der Waals surface area contributed by atoms with Crippen LogP contribution in [0, 0.1) is 0 Å². The van der Waals surface area contributed by atoms with Gasteiger partial charge in [-0.25, -0.2) is 4.83 Å². The molecular formula is C21H20N2O4S. The van der Waals surface area contributed by atoms with Gasteiger partial charge in [0.2, 0.25) is 0 Å². The SMILES string of the molecule is COc1ccc(/C=N\NS(=O)(=O)c2ccccc2)cc1OCc1ccccc1. The van der Waals surface area contributed by atoms with E-state index in [-0.39, 0.29) is 4.90 Å². The van der Waals surface area contributed by atoms with Gasteiger partial charge in [-0.15, -0.1) is 0 Å². The zero-order valence-corrected chi connectivity index (χ0v) is 16.1. The topological polar surface area (TPSA) is 77.0 Å².